The predicted molar refractivity (Wildman–Crippen MR) is 71.2 cm³/mol. The van der Waals surface area contributed by atoms with Crippen molar-refractivity contribution in [3.8, 4) is 12.3 Å². The van der Waals surface area contributed by atoms with E-state index < -0.39 is 0 Å². The summed E-state index contributed by atoms with van der Waals surface area (Å²) < 4.78 is 0. The Labute approximate surface area is 101 Å². The van der Waals surface area contributed by atoms with Gasteiger partial charge in [0.2, 0.25) is 0 Å². The number of rotatable bonds is 5. The fraction of sp³-hybridized carbons (Fsp3) is 0.867. The van der Waals surface area contributed by atoms with Crippen LogP contribution >= 0.6 is 0 Å². The van der Waals surface area contributed by atoms with E-state index in [2.05, 4.69) is 32.0 Å². The van der Waals surface area contributed by atoms with Crippen molar-refractivity contribution in [2.75, 3.05) is 6.54 Å². The molecule has 0 spiro atoms. The molecule has 1 aliphatic carbocycles. The molecule has 1 saturated carbocycles. The fourth-order valence-corrected chi connectivity index (χ4v) is 2.81. The van der Waals surface area contributed by atoms with Crippen molar-refractivity contribution in [3.63, 3.8) is 0 Å². The molecule has 92 valence electrons. The third-order valence-corrected chi connectivity index (χ3v) is 4.02. The Kier molecular flexibility index (Phi) is 5.91. The molecule has 1 nitrogen and oxygen atoms in total. The average Bonchev–Trinajstić information content (AvgIpc) is 2.30. The second kappa shape index (κ2) is 6.97. The molecule has 0 aromatic heterocycles. The second-order valence-corrected chi connectivity index (χ2v) is 5.52. The summed E-state index contributed by atoms with van der Waals surface area (Å²) in [6.45, 7) is 7.94. The maximum Gasteiger partial charge on any atom is 0.0715 e. The van der Waals surface area contributed by atoms with Crippen molar-refractivity contribution in [1.82, 2.24) is 5.32 Å². The molecule has 0 saturated heterocycles. The molecule has 1 N–H and O–H groups in total. The molecule has 1 heteroatoms. The molecule has 1 unspecified atom stereocenters. The van der Waals surface area contributed by atoms with Gasteiger partial charge in [-0.05, 0) is 56.4 Å². The average molecular weight is 221 g/mol. The van der Waals surface area contributed by atoms with Crippen LogP contribution in [0.1, 0.15) is 52.9 Å². The summed E-state index contributed by atoms with van der Waals surface area (Å²) in [5.74, 6) is 5.43. The molecule has 16 heavy (non-hydrogen) atoms. The lowest BCUT2D eigenvalue weighted by molar-refractivity contribution is 0.205. The van der Waals surface area contributed by atoms with Crippen molar-refractivity contribution in [1.29, 1.82) is 0 Å². The van der Waals surface area contributed by atoms with Gasteiger partial charge in [0.15, 0.2) is 0 Å². The molecule has 0 aromatic carbocycles. The van der Waals surface area contributed by atoms with Crippen LogP contribution in [0, 0.1) is 30.1 Å². The van der Waals surface area contributed by atoms with E-state index >= 15 is 0 Å². The van der Waals surface area contributed by atoms with Crippen LogP contribution in [0.3, 0.4) is 0 Å². The molecular formula is C15H27N. The molecule has 0 aliphatic heterocycles. The van der Waals surface area contributed by atoms with Crippen LogP contribution < -0.4 is 5.32 Å². The van der Waals surface area contributed by atoms with Gasteiger partial charge < -0.3 is 5.32 Å². The van der Waals surface area contributed by atoms with Gasteiger partial charge in [0, 0.05) is 0 Å². The Morgan fingerprint density at radius 1 is 1.19 bits per heavy atom. The zero-order chi connectivity index (χ0) is 12.0. The van der Waals surface area contributed by atoms with Gasteiger partial charge in [0.05, 0.1) is 6.04 Å². The zero-order valence-electron chi connectivity index (χ0n) is 11.1. The van der Waals surface area contributed by atoms with Gasteiger partial charge in [0.1, 0.15) is 0 Å². The number of hydrogen-bond acceptors (Lipinski definition) is 1. The largest absolute Gasteiger partial charge is 0.303 e. The summed E-state index contributed by atoms with van der Waals surface area (Å²) in [4.78, 5) is 0. The van der Waals surface area contributed by atoms with Crippen LogP contribution in [0.2, 0.25) is 0 Å². The molecule has 0 radical (unpaired) electrons. The first kappa shape index (κ1) is 13.6. The minimum atomic E-state index is 0.313. The van der Waals surface area contributed by atoms with Crippen LogP contribution in [0.5, 0.6) is 0 Å². The van der Waals surface area contributed by atoms with E-state index in [9.17, 15) is 0 Å². The van der Waals surface area contributed by atoms with Gasteiger partial charge in [-0.25, -0.2) is 0 Å². The van der Waals surface area contributed by atoms with Crippen LogP contribution in [0.15, 0.2) is 0 Å². The van der Waals surface area contributed by atoms with Gasteiger partial charge >= 0.3 is 0 Å². The van der Waals surface area contributed by atoms with E-state index in [0.717, 1.165) is 18.4 Å². The van der Waals surface area contributed by atoms with E-state index in [1.54, 1.807) is 0 Å². The lowest BCUT2D eigenvalue weighted by Gasteiger charge is -2.33. The highest BCUT2D eigenvalue weighted by atomic mass is 14.9. The maximum absolute atomic E-state index is 5.63. The highest BCUT2D eigenvalue weighted by Crippen LogP contribution is 2.34. The van der Waals surface area contributed by atoms with Crippen molar-refractivity contribution in [3.05, 3.63) is 0 Å². The Hall–Kier alpha value is -0.480. The number of nitrogens with one attached hydrogen (secondary N) is 1. The zero-order valence-corrected chi connectivity index (χ0v) is 11.1. The van der Waals surface area contributed by atoms with Gasteiger partial charge in [-0.2, -0.15) is 0 Å². The normalized spacial score (nSPS) is 27.7. The Morgan fingerprint density at radius 2 is 1.75 bits per heavy atom. The lowest BCUT2D eigenvalue weighted by Crippen LogP contribution is -2.37. The first-order chi connectivity index (χ1) is 7.69. The van der Waals surface area contributed by atoms with E-state index in [1.165, 1.54) is 32.1 Å². The van der Waals surface area contributed by atoms with E-state index in [0.29, 0.717) is 12.0 Å². The van der Waals surface area contributed by atoms with Crippen LogP contribution in [-0.4, -0.2) is 12.6 Å². The molecule has 1 aliphatic rings. The fourth-order valence-electron chi connectivity index (χ4n) is 2.81. The lowest BCUT2D eigenvalue weighted by atomic mass is 9.74. The van der Waals surface area contributed by atoms with Crippen LogP contribution in [0.4, 0.5) is 0 Å². The smallest absolute Gasteiger partial charge is 0.0715 e. The molecule has 0 heterocycles. The van der Waals surface area contributed by atoms with Crippen molar-refractivity contribution < 1.29 is 0 Å². The minimum absolute atomic E-state index is 0.313. The predicted octanol–water partition coefficient (Wildman–Crippen LogP) is 3.45. The van der Waals surface area contributed by atoms with E-state index in [-0.39, 0.29) is 0 Å². The third-order valence-electron chi connectivity index (χ3n) is 4.02. The Bertz CT molecular complexity index is 218. The third kappa shape index (κ3) is 3.83. The summed E-state index contributed by atoms with van der Waals surface area (Å²) >= 11 is 0. The molecule has 1 atom stereocenters. The molecule has 0 aromatic rings. The Morgan fingerprint density at radius 3 is 2.19 bits per heavy atom. The highest BCUT2D eigenvalue weighted by Gasteiger charge is 2.27. The minimum Gasteiger partial charge on any atom is -0.303 e. The topological polar surface area (TPSA) is 12.0 Å². The standard InChI is InChI=1S/C15H27N/c1-5-11-16-15(6-2)14-9-7-13(8-10-14)12(3)4/h2,12-16H,5,7-11H2,1,3-4H3. The first-order valence-corrected chi connectivity index (χ1v) is 6.88. The van der Waals surface area contributed by atoms with Gasteiger partial charge in [-0.3, -0.25) is 0 Å². The van der Waals surface area contributed by atoms with Crippen molar-refractivity contribution in [2.45, 2.75) is 58.9 Å². The number of terminal acetylenes is 1. The van der Waals surface area contributed by atoms with Crippen molar-refractivity contribution in [2.24, 2.45) is 17.8 Å². The first-order valence-electron chi connectivity index (χ1n) is 6.88. The molecule has 1 fully saturated rings. The summed E-state index contributed by atoms with van der Waals surface area (Å²) in [7, 11) is 0. The summed E-state index contributed by atoms with van der Waals surface area (Å²) in [5.41, 5.74) is 0. The SMILES string of the molecule is C#CC(NCCC)C1CCC(C(C)C)CC1. The van der Waals surface area contributed by atoms with E-state index in [1.807, 2.05) is 0 Å². The van der Waals surface area contributed by atoms with Crippen molar-refractivity contribution >= 4 is 0 Å². The van der Waals surface area contributed by atoms with Crippen LogP contribution in [-0.2, 0) is 0 Å². The monoisotopic (exact) mass is 221 g/mol. The van der Waals surface area contributed by atoms with Crippen LogP contribution in [0.25, 0.3) is 0 Å². The highest BCUT2D eigenvalue weighted by molar-refractivity contribution is 5.03. The Balaban J connectivity index is 2.36. The van der Waals surface area contributed by atoms with Gasteiger partial charge in [0.25, 0.3) is 0 Å². The number of hydrogen-bond donors (Lipinski definition) is 1. The molecule has 0 bridgehead atoms. The molecular weight excluding hydrogens is 194 g/mol. The molecule has 1 rings (SSSR count). The second-order valence-electron chi connectivity index (χ2n) is 5.52. The summed E-state index contributed by atoms with van der Waals surface area (Å²) in [6.07, 6.45) is 12.2. The van der Waals surface area contributed by atoms with Gasteiger partial charge in [-0.1, -0.05) is 26.7 Å². The summed E-state index contributed by atoms with van der Waals surface area (Å²) in [5, 5.41) is 3.50. The summed E-state index contributed by atoms with van der Waals surface area (Å²) in [6, 6.07) is 0.313. The van der Waals surface area contributed by atoms with E-state index in [4.69, 9.17) is 6.42 Å². The maximum atomic E-state index is 5.63. The van der Waals surface area contributed by atoms with Gasteiger partial charge in [-0.15, -0.1) is 6.42 Å². The quantitative estimate of drug-likeness (QED) is 0.701. The molecule has 0 amide bonds.